The number of methoxy groups -OCH3 is 1. The maximum atomic E-state index is 11.6. The molecule has 0 aliphatic carbocycles. The lowest BCUT2D eigenvalue weighted by molar-refractivity contribution is 0.0601. The molecule has 0 aliphatic rings. The fourth-order valence-corrected chi connectivity index (χ4v) is 2.94. The highest BCUT2D eigenvalue weighted by Crippen LogP contribution is 2.27. The number of nitrogens with one attached hydrogen (secondary N) is 1. The number of benzene rings is 2. The second kappa shape index (κ2) is 7.25. The molecule has 2 aromatic heterocycles. The van der Waals surface area contributed by atoms with Crippen molar-refractivity contribution < 1.29 is 9.53 Å². The van der Waals surface area contributed by atoms with E-state index in [1.54, 1.807) is 30.6 Å². The minimum atomic E-state index is -0.371. The zero-order valence-electron chi connectivity index (χ0n) is 14.7. The lowest BCUT2D eigenvalue weighted by Crippen LogP contribution is -1.99. The van der Waals surface area contributed by atoms with E-state index in [1.807, 2.05) is 36.5 Å². The second-order valence-corrected chi connectivity index (χ2v) is 6.02. The Labute approximate surface area is 156 Å². The number of H-pyrrole nitrogens is 1. The summed E-state index contributed by atoms with van der Waals surface area (Å²) in [6.45, 7) is 0. The van der Waals surface area contributed by atoms with Gasteiger partial charge in [-0.25, -0.2) is 9.78 Å². The van der Waals surface area contributed by atoms with Crippen LogP contribution in [-0.2, 0) is 4.74 Å². The number of hydrogen-bond donors (Lipinski definition) is 1. The van der Waals surface area contributed by atoms with Crippen LogP contribution in [0.4, 0.5) is 5.69 Å². The smallest absolute Gasteiger partial charge is 0.337 e. The summed E-state index contributed by atoms with van der Waals surface area (Å²) in [4.78, 5) is 23.5. The van der Waals surface area contributed by atoms with E-state index in [0.717, 1.165) is 27.7 Å². The summed E-state index contributed by atoms with van der Waals surface area (Å²) >= 11 is 0. The van der Waals surface area contributed by atoms with Gasteiger partial charge in [0.05, 0.1) is 18.4 Å². The van der Waals surface area contributed by atoms with Crippen LogP contribution >= 0.6 is 0 Å². The molecular weight excluding hydrogens is 338 g/mol. The third-order valence-electron chi connectivity index (χ3n) is 4.31. The van der Waals surface area contributed by atoms with Gasteiger partial charge in [0.2, 0.25) is 0 Å². The number of pyridine rings is 1. The lowest BCUT2D eigenvalue weighted by atomic mass is 10.0. The molecule has 0 atom stereocenters. The van der Waals surface area contributed by atoms with Crippen LogP contribution in [-0.4, -0.2) is 29.3 Å². The summed E-state index contributed by atoms with van der Waals surface area (Å²) in [5.74, 6) is -0.371. The largest absolute Gasteiger partial charge is 0.465 e. The summed E-state index contributed by atoms with van der Waals surface area (Å²) in [5, 5.41) is 1.10. The van der Waals surface area contributed by atoms with Crippen LogP contribution in [0.25, 0.3) is 22.2 Å². The van der Waals surface area contributed by atoms with Crippen molar-refractivity contribution in [3.63, 3.8) is 0 Å². The number of aromatic amines is 1. The van der Waals surface area contributed by atoms with Gasteiger partial charge < -0.3 is 9.72 Å². The molecule has 0 unspecified atom stereocenters. The Morgan fingerprint density at radius 3 is 2.78 bits per heavy atom. The van der Waals surface area contributed by atoms with Crippen molar-refractivity contribution in [1.29, 1.82) is 0 Å². The standard InChI is InChI=1S/C22H17N3O2/c1-27-22(26)17-3-2-4-18(13-17)25-14-15-5-7-16(8-6-15)19-9-11-23-21-20(19)10-12-24-21/h2-14H,1H3,(H,23,24). The molecule has 0 fully saturated rings. The van der Waals surface area contributed by atoms with E-state index in [-0.39, 0.29) is 5.97 Å². The monoisotopic (exact) mass is 355 g/mol. The van der Waals surface area contributed by atoms with Gasteiger partial charge in [-0.05, 0) is 47.0 Å². The molecule has 0 aliphatic heterocycles. The van der Waals surface area contributed by atoms with Crippen LogP contribution in [0.5, 0.6) is 0 Å². The lowest BCUT2D eigenvalue weighted by Gasteiger charge is -2.04. The van der Waals surface area contributed by atoms with E-state index < -0.39 is 0 Å². The Kier molecular flexibility index (Phi) is 4.49. The number of aromatic nitrogens is 2. The predicted molar refractivity (Wildman–Crippen MR) is 107 cm³/mol. The average molecular weight is 355 g/mol. The molecule has 5 nitrogen and oxygen atoms in total. The molecule has 4 aromatic rings. The molecular formula is C22H17N3O2. The normalized spacial score (nSPS) is 11.1. The molecule has 4 rings (SSSR count). The number of carbonyl (C=O) groups excluding carboxylic acids is 1. The summed E-state index contributed by atoms with van der Waals surface area (Å²) in [6.07, 6.45) is 5.47. The Morgan fingerprint density at radius 1 is 1.11 bits per heavy atom. The molecule has 2 aromatic carbocycles. The zero-order chi connectivity index (χ0) is 18.6. The van der Waals surface area contributed by atoms with Crippen LogP contribution in [0.2, 0.25) is 0 Å². The van der Waals surface area contributed by atoms with Crippen molar-refractivity contribution >= 4 is 28.9 Å². The van der Waals surface area contributed by atoms with Gasteiger partial charge in [-0.1, -0.05) is 30.3 Å². The Hall–Kier alpha value is -3.73. The van der Waals surface area contributed by atoms with Crippen molar-refractivity contribution in [3.05, 3.63) is 84.2 Å². The van der Waals surface area contributed by atoms with Gasteiger partial charge in [0.1, 0.15) is 5.65 Å². The molecule has 132 valence electrons. The summed E-state index contributed by atoms with van der Waals surface area (Å²) in [6, 6.07) is 19.2. The van der Waals surface area contributed by atoms with Crippen LogP contribution in [0, 0.1) is 0 Å². The molecule has 1 N–H and O–H groups in total. The summed E-state index contributed by atoms with van der Waals surface area (Å²) in [7, 11) is 1.36. The summed E-state index contributed by atoms with van der Waals surface area (Å²) < 4.78 is 4.74. The van der Waals surface area contributed by atoms with Gasteiger partial charge in [-0.15, -0.1) is 0 Å². The first kappa shape index (κ1) is 16.7. The maximum absolute atomic E-state index is 11.6. The molecule has 0 saturated carbocycles. The van der Waals surface area contributed by atoms with Crippen molar-refractivity contribution in [2.75, 3.05) is 7.11 Å². The Morgan fingerprint density at radius 2 is 1.96 bits per heavy atom. The molecule has 27 heavy (non-hydrogen) atoms. The van der Waals surface area contributed by atoms with Gasteiger partial charge in [0.25, 0.3) is 0 Å². The van der Waals surface area contributed by atoms with Crippen LogP contribution < -0.4 is 0 Å². The molecule has 0 bridgehead atoms. The van der Waals surface area contributed by atoms with E-state index in [0.29, 0.717) is 11.3 Å². The Balaban J connectivity index is 1.57. The first-order valence-corrected chi connectivity index (χ1v) is 8.49. The SMILES string of the molecule is COC(=O)c1cccc(N=Cc2ccc(-c3ccnc4[nH]ccc34)cc2)c1. The van der Waals surface area contributed by atoms with Gasteiger partial charge in [0.15, 0.2) is 0 Å². The number of ether oxygens (including phenoxy) is 1. The first-order chi connectivity index (χ1) is 13.2. The van der Waals surface area contributed by atoms with Crippen molar-refractivity contribution in [2.45, 2.75) is 0 Å². The minimum absolute atomic E-state index is 0.371. The fraction of sp³-hybridized carbons (Fsp3) is 0.0455. The molecule has 0 saturated heterocycles. The number of fused-ring (bicyclic) bond motifs is 1. The number of esters is 1. The quantitative estimate of drug-likeness (QED) is 0.424. The number of carbonyl (C=O) groups is 1. The number of aliphatic imine (C=N–C) groups is 1. The number of nitrogens with zero attached hydrogens (tertiary/aromatic N) is 2. The van der Waals surface area contributed by atoms with Crippen molar-refractivity contribution in [3.8, 4) is 11.1 Å². The van der Waals surface area contributed by atoms with Crippen molar-refractivity contribution in [2.24, 2.45) is 4.99 Å². The van der Waals surface area contributed by atoms with Gasteiger partial charge in [-0.3, -0.25) is 4.99 Å². The van der Waals surface area contributed by atoms with E-state index in [9.17, 15) is 4.79 Å². The maximum Gasteiger partial charge on any atom is 0.337 e. The average Bonchev–Trinajstić information content (AvgIpc) is 3.21. The molecule has 0 spiro atoms. The molecule has 2 heterocycles. The highest BCUT2D eigenvalue weighted by Gasteiger charge is 2.06. The Bertz CT molecular complexity index is 1130. The van der Waals surface area contributed by atoms with Crippen LogP contribution in [0.3, 0.4) is 0 Å². The topological polar surface area (TPSA) is 67.3 Å². The van der Waals surface area contributed by atoms with Crippen molar-refractivity contribution in [1.82, 2.24) is 9.97 Å². The van der Waals surface area contributed by atoms with E-state index >= 15 is 0 Å². The zero-order valence-corrected chi connectivity index (χ0v) is 14.7. The van der Waals surface area contributed by atoms with Crippen LogP contribution in [0.15, 0.2) is 78.0 Å². The second-order valence-electron chi connectivity index (χ2n) is 6.02. The van der Waals surface area contributed by atoms with Gasteiger partial charge in [-0.2, -0.15) is 0 Å². The highest BCUT2D eigenvalue weighted by atomic mass is 16.5. The van der Waals surface area contributed by atoms with Gasteiger partial charge >= 0.3 is 5.97 Å². The minimum Gasteiger partial charge on any atom is -0.465 e. The number of hydrogen-bond acceptors (Lipinski definition) is 4. The van der Waals surface area contributed by atoms with E-state index in [2.05, 4.69) is 27.1 Å². The third kappa shape index (κ3) is 3.48. The number of rotatable bonds is 4. The van der Waals surface area contributed by atoms with Gasteiger partial charge in [0, 0.05) is 24.0 Å². The first-order valence-electron chi connectivity index (χ1n) is 8.49. The molecule has 5 heteroatoms. The molecule has 0 amide bonds. The van der Waals surface area contributed by atoms with E-state index in [4.69, 9.17) is 4.74 Å². The fourth-order valence-electron chi connectivity index (χ4n) is 2.94. The third-order valence-corrected chi connectivity index (χ3v) is 4.31. The highest BCUT2D eigenvalue weighted by molar-refractivity contribution is 5.94. The molecule has 0 radical (unpaired) electrons. The van der Waals surface area contributed by atoms with Crippen LogP contribution in [0.1, 0.15) is 15.9 Å². The van der Waals surface area contributed by atoms with E-state index in [1.165, 1.54) is 7.11 Å². The predicted octanol–water partition coefficient (Wildman–Crippen LogP) is 4.77. The summed E-state index contributed by atoms with van der Waals surface area (Å²) in [5.41, 5.74) is 5.29.